The number of ether oxygens (including phenoxy) is 13. The average molecular weight is 2010 g/mol. The van der Waals surface area contributed by atoms with Crippen LogP contribution < -0.4 is 30.9 Å². The van der Waals surface area contributed by atoms with Gasteiger partial charge in [0.15, 0.2) is 5.78 Å². The predicted octanol–water partition coefficient (Wildman–Crippen LogP) is 10.8. The summed E-state index contributed by atoms with van der Waals surface area (Å²) >= 11 is 1.76. The number of nitrogens with one attached hydrogen (secondary N) is 4. The van der Waals surface area contributed by atoms with E-state index in [0.717, 1.165) is 62.4 Å². The Labute approximate surface area is 728 Å². The summed E-state index contributed by atoms with van der Waals surface area (Å²) in [6.07, 6.45) is -1.48. The van der Waals surface area contributed by atoms with Crippen LogP contribution in [0.2, 0.25) is 0 Å². The van der Waals surface area contributed by atoms with Gasteiger partial charge in [0.05, 0.1) is 104 Å². The van der Waals surface area contributed by atoms with E-state index >= 15 is 0 Å². The fraction of sp³-hybridized carbons (Fsp3) is 0.495. The van der Waals surface area contributed by atoms with Crippen LogP contribution in [0.4, 0.5) is 9.59 Å². The van der Waals surface area contributed by atoms with Crippen molar-refractivity contribution >= 4 is 78.3 Å². The standard InChI is InChI=1S/C91H117N6O25PS.Fm/c1-62(2)52-77(84(87(103)96-109-7)66-32-51-124-59-66)81(99)53-80(91(4,5)6)86(102)93-34-38-110-41-42-112-39-35-97(83(101)58-116-46-48-118-61-123(107,108)60-117-47-45-114-54-63(3)98)36-40-113-43-44-115-57-82(100)92-33-37-111-49-50-119-67-28-26-65(27-29-67)88(104)122-68-30-24-64(25-31-68)85(94-89(105)120-55-78-73-20-12-8-16-69(73)70-17-9-13-21-74(70)78)95-90(106)121-56-79-75-22-14-10-18-71(75)72-19-11-15-23-76(72)79;/h8-31,62,66,77-80,84H,32-61H2,1-7H3,(H,92,100)(H,93,102)(H,96,103)(H,107,108)(H,94,95,105,106);. The number of nitrogens with zero attached hydrogens (tertiary/aromatic N) is 2. The average Bonchev–Trinajstić information content (AvgIpc) is 1.62. The van der Waals surface area contributed by atoms with Gasteiger partial charge in [0.2, 0.25) is 31.0 Å². The van der Waals surface area contributed by atoms with E-state index in [2.05, 4.69) is 26.4 Å². The van der Waals surface area contributed by atoms with E-state index in [1.54, 1.807) is 48.2 Å². The van der Waals surface area contributed by atoms with Crippen molar-refractivity contribution in [2.75, 3.05) is 183 Å². The Balaban J connectivity index is 0.0000194. The topological polar surface area (TPSA) is 384 Å². The number of hydrogen-bond donors (Lipinski definition) is 5. The number of amides is 6. The minimum atomic E-state index is -3.81. The van der Waals surface area contributed by atoms with Gasteiger partial charge in [0.25, 0.3) is 0 Å². The van der Waals surface area contributed by atoms with Crippen molar-refractivity contribution in [3.8, 4) is 33.8 Å². The summed E-state index contributed by atoms with van der Waals surface area (Å²) in [7, 11) is -2.43. The molecule has 684 valence electrons. The number of rotatable bonds is 55. The van der Waals surface area contributed by atoms with Gasteiger partial charge in [-0.3, -0.25) is 43.5 Å². The van der Waals surface area contributed by atoms with Crippen LogP contribution in [0.5, 0.6) is 11.5 Å². The zero-order chi connectivity index (χ0) is 88.6. The molecule has 1 heterocycles. The van der Waals surface area contributed by atoms with Gasteiger partial charge in [-0.2, -0.15) is 16.8 Å². The third kappa shape index (κ3) is 32.7. The molecule has 6 aromatic carbocycles. The molecular weight excluding hydrogens is 1900 g/mol. The first-order valence-corrected chi connectivity index (χ1v) is 44.9. The summed E-state index contributed by atoms with van der Waals surface area (Å²) in [4.78, 5) is 140. The van der Waals surface area contributed by atoms with Crippen molar-refractivity contribution < 1.29 is 119 Å². The molecule has 6 amide bonds. The summed E-state index contributed by atoms with van der Waals surface area (Å²) in [5, 5.41) is 8.32. The number of esters is 1. The minimum Gasteiger partial charge on any atom is -0.491 e. The van der Waals surface area contributed by atoms with E-state index in [1.807, 2.05) is 132 Å². The second kappa shape index (κ2) is 52.3. The number of Topliss-reactive ketones (excluding diaryl/α,β-unsaturated/α-hetero) is 2. The van der Waals surface area contributed by atoms with Gasteiger partial charge >= 0.3 is 18.2 Å². The minimum absolute atomic E-state index is 0. The Hall–Kier alpha value is -10.6. The van der Waals surface area contributed by atoms with Gasteiger partial charge in [-0.25, -0.2) is 19.9 Å². The van der Waals surface area contributed by atoms with E-state index < -0.39 is 67.3 Å². The molecule has 1 aliphatic heterocycles. The molecular formula is C91H117FmN6O25PS. The van der Waals surface area contributed by atoms with Crippen LogP contribution in [0.3, 0.4) is 0 Å². The summed E-state index contributed by atoms with van der Waals surface area (Å²) in [6, 6.07) is 44.3. The van der Waals surface area contributed by atoms with Crippen LogP contribution in [-0.2, 0) is 90.3 Å². The summed E-state index contributed by atoms with van der Waals surface area (Å²) < 4.78 is 85.3. The largest absolute Gasteiger partial charge is 0.491 e. The normalized spacial score (nSPS) is 14.7. The second-order valence-corrected chi connectivity index (χ2v) is 34.8. The van der Waals surface area contributed by atoms with E-state index in [-0.39, 0.29) is 228 Å². The molecule has 9 rings (SSSR count). The van der Waals surface area contributed by atoms with Gasteiger partial charge < -0.3 is 82.0 Å². The van der Waals surface area contributed by atoms with Crippen molar-refractivity contribution in [1.82, 2.24) is 26.3 Å². The van der Waals surface area contributed by atoms with Crippen LogP contribution in [0.1, 0.15) is 111 Å². The number of thioether (sulfide) groups is 1. The smallest absolute Gasteiger partial charge is 0.435 e. The van der Waals surface area contributed by atoms with Gasteiger partial charge in [-0.05, 0) is 142 Å². The van der Waals surface area contributed by atoms with Crippen molar-refractivity contribution in [3.05, 3.63) is 179 Å². The first kappa shape index (κ1) is 99.8. The monoisotopic (exact) mass is 2010 g/mol. The van der Waals surface area contributed by atoms with Crippen LogP contribution in [0.25, 0.3) is 22.3 Å². The molecule has 3 aliphatic rings. The molecule has 0 spiro atoms. The van der Waals surface area contributed by atoms with Crippen molar-refractivity contribution in [1.29, 1.82) is 0 Å². The van der Waals surface area contributed by atoms with Crippen molar-refractivity contribution in [2.24, 2.45) is 40.0 Å². The molecule has 5 atom stereocenters. The Morgan fingerprint density at radius 1 is 0.560 bits per heavy atom. The van der Waals surface area contributed by atoms with Gasteiger partial charge in [0, 0.05) is 61.8 Å². The van der Waals surface area contributed by atoms with Crippen LogP contribution in [-0.4, -0.2) is 252 Å². The molecule has 5 N–H and O–H groups in total. The maximum atomic E-state index is 14.3. The Morgan fingerprint density at radius 2 is 1.04 bits per heavy atom. The van der Waals surface area contributed by atoms with Gasteiger partial charge in [-0.15, -0.1) is 0 Å². The number of aliphatic imine (C=N–C) groups is 1. The maximum absolute atomic E-state index is 14.3. The molecule has 0 bridgehead atoms. The fourth-order valence-electron chi connectivity index (χ4n) is 14.6. The quantitative estimate of drug-likeness (QED) is 0.00450. The molecule has 1 fully saturated rings. The Morgan fingerprint density at radius 3 is 1.56 bits per heavy atom. The third-order valence-corrected chi connectivity index (χ3v) is 23.0. The molecule has 125 heavy (non-hydrogen) atoms. The number of hydrogen-bond acceptors (Lipinski definition) is 25. The number of carbonyl (C=O) groups excluding carboxylic acids is 9. The molecule has 0 aromatic heterocycles. The maximum Gasteiger partial charge on any atom is 0.435 e. The number of hydroxylamine groups is 1. The summed E-state index contributed by atoms with van der Waals surface area (Å²) in [5.41, 5.74) is 10.8. The summed E-state index contributed by atoms with van der Waals surface area (Å²) in [6.45, 7) is 12.5. The SMILES string of the molecule is CONC(=O)C(C1CCSC1)C(CC(C)C)C(=O)CC(C(=O)NCCOCCOCCN(CCOCCOCC(=O)NCCOCCOc1ccc(C(=O)Oc2ccc(C(=NC(=O)OCC3c4ccccc4-c4ccccc43)NC(=O)OCC3c4ccccc4-c4ccccc43)cc2)cc1)C(=O)COCCOCP(=O)(O)COCCOCC(C)=O)C(C)(C)C.[Fm]. The van der Waals surface area contributed by atoms with E-state index in [1.165, 1.54) is 31.1 Å². The van der Waals surface area contributed by atoms with Gasteiger partial charge in [-0.1, -0.05) is 132 Å². The molecule has 34 heteroatoms. The zero-order valence-corrected chi connectivity index (χ0v) is 76.0. The van der Waals surface area contributed by atoms with Crippen LogP contribution >= 0.6 is 19.1 Å². The number of alkyl carbamates (subject to hydrolysis) is 1. The fourth-order valence-corrected chi connectivity index (χ4v) is 16.8. The number of fused-ring (bicyclic) bond motifs is 6. The Kier molecular flexibility index (Phi) is 41.8. The van der Waals surface area contributed by atoms with Crippen molar-refractivity contribution in [3.63, 3.8) is 0 Å². The predicted molar refractivity (Wildman–Crippen MR) is 463 cm³/mol. The first-order valence-electron chi connectivity index (χ1n) is 41.7. The second-order valence-electron chi connectivity index (χ2n) is 31.4. The van der Waals surface area contributed by atoms with Crippen LogP contribution in [0, 0.1) is 35.0 Å². The number of benzene rings is 6. The van der Waals surface area contributed by atoms with E-state index in [4.69, 9.17) is 66.4 Å². The molecule has 1 saturated heterocycles. The molecule has 0 saturated carbocycles. The molecule has 2 aliphatic carbocycles. The van der Waals surface area contributed by atoms with Crippen molar-refractivity contribution in [2.45, 2.75) is 72.6 Å². The van der Waals surface area contributed by atoms with Gasteiger partial charge in [0.1, 0.15) is 75.5 Å². The molecule has 5 unspecified atom stereocenters. The molecule has 31 nitrogen and oxygen atoms in total. The number of carbonyl (C=O) groups is 9. The summed E-state index contributed by atoms with van der Waals surface area (Å²) in [5.74, 6) is -2.28. The zero-order valence-electron chi connectivity index (χ0n) is 71.9. The molecule has 6 aromatic rings. The number of ketones is 2. The number of amidine groups is 1. The van der Waals surface area contributed by atoms with Crippen LogP contribution in [0.15, 0.2) is 151 Å². The third-order valence-electron chi connectivity index (χ3n) is 20.7. The molecule has 0 radical (unpaired) electrons. The van der Waals surface area contributed by atoms with E-state index in [9.17, 15) is 52.6 Å². The van der Waals surface area contributed by atoms with E-state index in [0.29, 0.717) is 17.7 Å². The first-order chi connectivity index (χ1) is 59.9. The Bertz CT molecular complexity index is 4440.